The van der Waals surface area contributed by atoms with Crippen LogP contribution in [0.5, 0.6) is 0 Å². The minimum absolute atomic E-state index is 0.217. The first-order valence-electron chi connectivity index (χ1n) is 6.16. The standard InChI is InChI=1S/C12H24N2O/c1-10(2)3-4-12(15)14-8-6-11-5-7-13-9-11/h10-11,13H,3-9H2,1-2H3,(H,14,15). The third-order valence-electron chi connectivity index (χ3n) is 2.99. The molecule has 1 aliphatic heterocycles. The summed E-state index contributed by atoms with van der Waals surface area (Å²) in [7, 11) is 0. The number of amides is 1. The minimum Gasteiger partial charge on any atom is -0.356 e. The van der Waals surface area contributed by atoms with Crippen molar-refractivity contribution in [2.45, 2.75) is 39.5 Å². The molecular formula is C12H24N2O. The van der Waals surface area contributed by atoms with Crippen molar-refractivity contribution >= 4 is 5.91 Å². The van der Waals surface area contributed by atoms with Crippen molar-refractivity contribution < 1.29 is 4.79 Å². The Morgan fingerprint density at radius 2 is 2.33 bits per heavy atom. The van der Waals surface area contributed by atoms with Gasteiger partial charge in [0.25, 0.3) is 0 Å². The molecule has 0 aliphatic carbocycles. The predicted octanol–water partition coefficient (Wildman–Crippen LogP) is 1.54. The number of carbonyl (C=O) groups is 1. The molecule has 1 aliphatic rings. The second-order valence-corrected chi connectivity index (χ2v) is 4.93. The summed E-state index contributed by atoms with van der Waals surface area (Å²) in [6.07, 6.45) is 4.07. The van der Waals surface area contributed by atoms with Gasteiger partial charge in [-0.3, -0.25) is 4.79 Å². The van der Waals surface area contributed by atoms with Crippen LogP contribution in [0.2, 0.25) is 0 Å². The Balaban J connectivity index is 1.96. The molecule has 0 bridgehead atoms. The Kier molecular flexibility index (Phi) is 5.69. The van der Waals surface area contributed by atoms with Crippen molar-refractivity contribution in [3.63, 3.8) is 0 Å². The van der Waals surface area contributed by atoms with Crippen LogP contribution in [-0.2, 0) is 4.79 Å². The van der Waals surface area contributed by atoms with Crippen LogP contribution in [-0.4, -0.2) is 25.5 Å². The van der Waals surface area contributed by atoms with E-state index in [1.54, 1.807) is 0 Å². The minimum atomic E-state index is 0.217. The summed E-state index contributed by atoms with van der Waals surface area (Å²) >= 11 is 0. The molecule has 1 saturated heterocycles. The Bertz CT molecular complexity index is 186. The molecule has 0 aromatic rings. The molecule has 1 unspecified atom stereocenters. The molecule has 2 N–H and O–H groups in total. The molecule has 0 radical (unpaired) electrons. The Morgan fingerprint density at radius 3 is 2.93 bits per heavy atom. The highest BCUT2D eigenvalue weighted by molar-refractivity contribution is 5.75. The predicted molar refractivity (Wildman–Crippen MR) is 62.7 cm³/mol. The summed E-state index contributed by atoms with van der Waals surface area (Å²) in [6.45, 7) is 7.42. The second-order valence-electron chi connectivity index (χ2n) is 4.93. The molecule has 3 nitrogen and oxygen atoms in total. The first-order valence-corrected chi connectivity index (χ1v) is 6.16. The van der Waals surface area contributed by atoms with Gasteiger partial charge in [0.05, 0.1) is 0 Å². The maximum absolute atomic E-state index is 11.4. The summed E-state index contributed by atoms with van der Waals surface area (Å²) in [5.74, 6) is 1.61. The van der Waals surface area contributed by atoms with Crippen LogP contribution in [0.15, 0.2) is 0 Å². The zero-order valence-electron chi connectivity index (χ0n) is 10.0. The van der Waals surface area contributed by atoms with Gasteiger partial charge in [0.15, 0.2) is 0 Å². The summed E-state index contributed by atoms with van der Waals surface area (Å²) in [5, 5.41) is 6.34. The second kappa shape index (κ2) is 6.83. The lowest BCUT2D eigenvalue weighted by Gasteiger charge is -2.09. The average Bonchev–Trinajstić information content (AvgIpc) is 2.67. The van der Waals surface area contributed by atoms with Crippen molar-refractivity contribution in [2.24, 2.45) is 11.8 Å². The van der Waals surface area contributed by atoms with E-state index >= 15 is 0 Å². The van der Waals surface area contributed by atoms with Crippen LogP contribution in [0.25, 0.3) is 0 Å². The van der Waals surface area contributed by atoms with Crippen LogP contribution in [0, 0.1) is 11.8 Å². The van der Waals surface area contributed by atoms with Crippen molar-refractivity contribution in [3.8, 4) is 0 Å². The van der Waals surface area contributed by atoms with Crippen molar-refractivity contribution in [3.05, 3.63) is 0 Å². The highest BCUT2D eigenvalue weighted by Gasteiger charge is 2.13. The van der Waals surface area contributed by atoms with E-state index in [4.69, 9.17) is 0 Å². The molecule has 1 atom stereocenters. The smallest absolute Gasteiger partial charge is 0.220 e. The molecule has 0 aromatic heterocycles. The molecule has 0 aromatic carbocycles. The highest BCUT2D eigenvalue weighted by Crippen LogP contribution is 2.10. The zero-order valence-corrected chi connectivity index (χ0v) is 10.0. The SMILES string of the molecule is CC(C)CCC(=O)NCCC1CCNC1. The van der Waals surface area contributed by atoms with Crippen LogP contribution < -0.4 is 10.6 Å². The Hall–Kier alpha value is -0.570. The van der Waals surface area contributed by atoms with Gasteiger partial charge in [0.1, 0.15) is 0 Å². The molecule has 0 saturated carbocycles. The number of carbonyl (C=O) groups excluding carboxylic acids is 1. The van der Waals surface area contributed by atoms with E-state index in [1.807, 2.05) is 0 Å². The van der Waals surface area contributed by atoms with Gasteiger partial charge in [0, 0.05) is 13.0 Å². The maximum atomic E-state index is 11.4. The monoisotopic (exact) mass is 212 g/mol. The van der Waals surface area contributed by atoms with Gasteiger partial charge >= 0.3 is 0 Å². The number of hydrogen-bond donors (Lipinski definition) is 2. The third kappa shape index (κ3) is 5.78. The van der Waals surface area contributed by atoms with E-state index in [1.165, 1.54) is 6.42 Å². The molecular weight excluding hydrogens is 188 g/mol. The summed E-state index contributed by atoms with van der Waals surface area (Å²) < 4.78 is 0. The van der Waals surface area contributed by atoms with E-state index in [0.717, 1.165) is 38.4 Å². The first kappa shape index (κ1) is 12.5. The van der Waals surface area contributed by atoms with Gasteiger partial charge in [0.2, 0.25) is 5.91 Å². The molecule has 1 heterocycles. The molecule has 1 amide bonds. The van der Waals surface area contributed by atoms with E-state index in [2.05, 4.69) is 24.5 Å². The van der Waals surface area contributed by atoms with Gasteiger partial charge in [-0.1, -0.05) is 13.8 Å². The van der Waals surface area contributed by atoms with E-state index in [-0.39, 0.29) is 5.91 Å². The van der Waals surface area contributed by atoms with Gasteiger partial charge in [-0.15, -0.1) is 0 Å². The topological polar surface area (TPSA) is 41.1 Å². The van der Waals surface area contributed by atoms with Crippen molar-refractivity contribution in [1.82, 2.24) is 10.6 Å². The number of hydrogen-bond acceptors (Lipinski definition) is 2. The fourth-order valence-electron chi connectivity index (χ4n) is 1.88. The molecule has 88 valence electrons. The van der Waals surface area contributed by atoms with Gasteiger partial charge in [-0.05, 0) is 44.2 Å². The summed E-state index contributed by atoms with van der Waals surface area (Å²) in [6, 6.07) is 0. The van der Waals surface area contributed by atoms with Crippen LogP contribution >= 0.6 is 0 Å². The molecule has 0 spiro atoms. The maximum Gasteiger partial charge on any atom is 0.220 e. The van der Waals surface area contributed by atoms with Crippen molar-refractivity contribution in [1.29, 1.82) is 0 Å². The summed E-state index contributed by atoms with van der Waals surface area (Å²) in [5.41, 5.74) is 0. The normalized spacial score (nSPS) is 20.9. The summed E-state index contributed by atoms with van der Waals surface area (Å²) in [4.78, 5) is 11.4. The zero-order chi connectivity index (χ0) is 11.1. The molecule has 15 heavy (non-hydrogen) atoms. The Labute approximate surface area is 93.0 Å². The fraction of sp³-hybridized carbons (Fsp3) is 0.917. The lowest BCUT2D eigenvalue weighted by Crippen LogP contribution is -2.26. The van der Waals surface area contributed by atoms with Crippen LogP contribution in [0.1, 0.15) is 39.5 Å². The first-order chi connectivity index (χ1) is 7.18. The lowest BCUT2D eigenvalue weighted by atomic mass is 10.0. The van der Waals surface area contributed by atoms with Crippen molar-refractivity contribution in [2.75, 3.05) is 19.6 Å². The van der Waals surface area contributed by atoms with Gasteiger partial charge in [-0.25, -0.2) is 0 Å². The van der Waals surface area contributed by atoms with E-state index in [0.29, 0.717) is 12.3 Å². The van der Waals surface area contributed by atoms with E-state index in [9.17, 15) is 4.79 Å². The quantitative estimate of drug-likeness (QED) is 0.701. The van der Waals surface area contributed by atoms with Crippen LogP contribution in [0.4, 0.5) is 0 Å². The largest absolute Gasteiger partial charge is 0.356 e. The van der Waals surface area contributed by atoms with E-state index < -0.39 is 0 Å². The third-order valence-corrected chi connectivity index (χ3v) is 2.99. The fourth-order valence-corrected chi connectivity index (χ4v) is 1.88. The molecule has 3 heteroatoms. The van der Waals surface area contributed by atoms with Gasteiger partial charge < -0.3 is 10.6 Å². The van der Waals surface area contributed by atoms with Crippen LogP contribution in [0.3, 0.4) is 0 Å². The Morgan fingerprint density at radius 1 is 1.53 bits per heavy atom. The number of nitrogens with one attached hydrogen (secondary N) is 2. The highest BCUT2D eigenvalue weighted by atomic mass is 16.1. The average molecular weight is 212 g/mol. The molecule has 1 fully saturated rings. The van der Waals surface area contributed by atoms with Gasteiger partial charge in [-0.2, -0.15) is 0 Å². The lowest BCUT2D eigenvalue weighted by molar-refractivity contribution is -0.121. The molecule has 1 rings (SSSR count). The number of rotatable bonds is 6.